The van der Waals surface area contributed by atoms with E-state index in [-0.39, 0.29) is 5.91 Å². The second-order valence-corrected chi connectivity index (χ2v) is 7.96. The maximum absolute atomic E-state index is 12.2. The van der Waals surface area contributed by atoms with Crippen LogP contribution in [0.2, 0.25) is 0 Å². The molecule has 1 aliphatic heterocycles. The van der Waals surface area contributed by atoms with E-state index in [0.29, 0.717) is 12.3 Å². The lowest BCUT2D eigenvalue weighted by Gasteiger charge is -2.20. The molecular weight excluding hydrogens is 330 g/mol. The van der Waals surface area contributed by atoms with Gasteiger partial charge in [0.15, 0.2) is 0 Å². The van der Waals surface area contributed by atoms with Crippen LogP contribution in [-0.2, 0) is 11.2 Å². The van der Waals surface area contributed by atoms with Gasteiger partial charge in [-0.1, -0.05) is 36.8 Å². The molecule has 0 spiro atoms. The fourth-order valence-corrected chi connectivity index (χ4v) is 4.03. The third-order valence-corrected chi connectivity index (χ3v) is 5.55. The quantitative estimate of drug-likeness (QED) is 0.825. The highest BCUT2D eigenvalue weighted by molar-refractivity contribution is 7.13. The van der Waals surface area contributed by atoms with Gasteiger partial charge in [0.2, 0.25) is 5.91 Å². The summed E-state index contributed by atoms with van der Waals surface area (Å²) in [5.74, 6) is 0.551. The van der Waals surface area contributed by atoms with Crippen molar-refractivity contribution in [3.8, 4) is 10.6 Å². The highest BCUT2D eigenvalue weighted by Gasteiger charge is 2.15. The lowest BCUT2D eigenvalue weighted by molar-refractivity contribution is -0.120. The van der Waals surface area contributed by atoms with Crippen LogP contribution in [0.3, 0.4) is 0 Å². The molecule has 1 N–H and O–H groups in total. The molecule has 25 heavy (non-hydrogen) atoms. The minimum absolute atomic E-state index is 0.0639. The van der Waals surface area contributed by atoms with Gasteiger partial charge in [0.1, 0.15) is 5.01 Å². The van der Waals surface area contributed by atoms with Crippen LogP contribution < -0.4 is 5.32 Å². The number of carbonyl (C=O) groups excluding carboxylic acids is 1. The Morgan fingerprint density at radius 1 is 1.28 bits per heavy atom. The molecule has 5 heteroatoms. The van der Waals surface area contributed by atoms with Gasteiger partial charge in [-0.05, 0) is 38.8 Å². The number of nitrogens with one attached hydrogen (secondary N) is 1. The van der Waals surface area contributed by atoms with Gasteiger partial charge in [-0.2, -0.15) is 0 Å². The molecule has 0 aliphatic carbocycles. The standard InChI is InChI=1S/C20H27N3OS/c1-15-5-7-17(8-6-15)20-22-18(14-25-20)11-19(24)21-12-16(2)13-23-9-3-4-10-23/h5-8,14,16H,3-4,9-13H2,1-2H3,(H,21,24). The van der Waals surface area contributed by atoms with Gasteiger partial charge in [-0.3, -0.25) is 4.79 Å². The lowest BCUT2D eigenvalue weighted by atomic mass is 10.1. The van der Waals surface area contributed by atoms with Gasteiger partial charge in [0.05, 0.1) is 12.1 Å². The number of amides is 1. The summed E-state index contributed by atoms with van der Waals surface area (Å²) in [7, 11) is 0. The van der Waals surface area contributed by atoms with E-state index in [2.05, 4.69) is 53.3 Å². The fourth-order valence-electron chi connectivity index (χ4n) is 3.20. The second kappa shape index (κ2) is 8.59. The Hall–Kier alpha value is -1.72. The number of aryl methyl sites for hydroxylation is 1. The molecule has 134 valence electrons. The third-order valence-electron chi connectivity index (χ3n) is 4.61. The summed E-state index contributed by atoms with van der Waals surface area (Å²) in [5, 5.41) is 6.03. The SMILES string of the molecule is Cc1ccc(-c2nc(CC(=O)NCC(C)CN3CCCC3)cs2)cc1. The first kappa shape index (κ1) is 18.1. The Morgan fingerprint density at radius 2 is 2.00 bits per heavy atom. The number of rotatable bonds is 7. The molecule has 1 unspecified atom stereocenters. The van der Waals surface area contributed by atoms with E-state index in [9.17, 15) is 4.79 Å². The highest BCUT2D eigenvalue weighted by Crippen LogP contribution is 2.24. The first-order valence-corrected chi connectivity index (χ1v) is 9.98. The molecule has 1 fully saturated rings. The van der Waals surface area contributed by atoms with Crippen LogP contribution in [0.15, 0.2) is 29.6 Å². The number of carbonyl (C=O) groups is 1. The number of hydrogen-bond donors (Lipinski definition) is 1. The van der Waals surface area contributed by atoms with Crippen molar-refractivity contribution in [1.29, 1.82) is 0 Å². The number of benzene rings is 1. The summed E-state index contributed by atoms with van der Waals surface area (Å²) >= 11 is 1.60. The van der Waals surface area contributed by atoms with E-state index < -0.39 is 0 Å². The predicted octanol–water partition coefficient (Wildman–Crippen LogP) is 3.51. The number of hydrogen-bond acceptors (Lipinski definition) is 4. The Kier molecular flexibility index (Phi) is 6.21. The monoisotopic (exact) mass is 357 g/mol. The van der Waals surface area contributed by atoms with Crippen LogP contribution in [0.5, 0.6) is 0 Å². The minimum Gasteiger partial charge on any atom is -0.355 e. The maximum Gasteiger partial charge on any atom is 0.226 e. The number of thiazole rings is 1. The van der Waals surface area contributed by atoms with Crippen molar-refractivity contribution >= 4 is 17.2 Å². The van der Waals surface area contributed by atoms with Crippen molar-refractivity contribution in [2.75, 3.05) is 26.2 Å². The molecule has 1 saturated heterocycles. The van der Waals surface area contributed by atoms with E-state index in [4.69, 9.17) is 0 Å². The first-order chi connectivity index (χ1) is 12.1. The molecule has 3 rings (SSSR count). The van der Waals surface area contributed by atoms with Crippen LogP contribution >= 0.6 is 11.3 Å². The van der Waals surface area contributed by atoms with Crippen molar-refractivity contribution in [1.82, 2.24) is 15.2 Å². The van der Waals surface area contributed by atoms with E-state index >= 15 is 0 Å². The fraction of sp³-hybridized carbons (Fsp3) is 0.500. The Morgan fingerprint density at radius 3 is 2.72 bits per heavy atom. The molecule has 1 aliphatic rings. The van der Waals surface area contributed by atoms with Crippen molar-refractivity contribution in [3.05, 3.63) is 40.9 Å². The summed E-state index contributed by atoms with van der Waals surface area (Å²) in [5.41, 5.74) is 3.20. The van der Waals surface area contributed by atoms with Crippen LogP contribution in [-0.4, -0.2) is 42.0 Å². The molecule has 1 atom stereocenters. The highest BCUT2D eigenvalue weighted by atomic mass is 32.1. The molecule has 2 aromatic rings. The van der Waals surface area contributed by atoms with E-state index in [1.807, 2.05) is 5.38 Å². The first-order valence-electron chi connectivity index (χ1n) is 9.10. The van der Waals surface area contributed by atoms with E-state index in [1.54, 1.807) is 11.3 Å². The van der Waals surface area contributed by atoms with Crippen molar-refractivity contribution in [2.24, 2.45) is 5.92 Å². The van der Waals surface area contributed by atoms with Gasteiger partial charge in [-0.15, -0.1) is 11.3 Å². The van der Waals surface area contributed by atoms with Crippen LogP contribution in [0.1, 0.15) is 31.0 Å². The van der Waals surface area contributed by atoms with E-state index in [0.717, 1.165) is 29.4 Å². The predicted molar refractivity (Wildman–Crippen MR) is 104 cm³/mol. The molecule has 0 saturated carbocycles. The summed E-state index contributed by atoms with van der Waals surface area (Å²) in [6.07, 6.45) is 2.98. The number of nitrogens with zero attached hydrogens (tertiary/aromatic N) is 2. The molecule has 2 heterocycles. The number of likely N-dealkylation sites (tertiary alicyclic amines) is 1. The lowest BCUT2D eigenvalue weighted by Crippen LogP contribution is -2.35. The Bertz CT molecular complexity index is 689. The topological polar surface area (TPSA) is 45.2 Å². The zero-order valence-corrected chi connectivity index (χ0v) is 15.9. The normalized spacial score (nSPS) is 16.1. The average Bonchev–Trinajstić information content (AvgIpc) is 3.26. The molecular formula is C20H27N3OS. The van der Waals surface area contributed by atoms with Crippen molar-refractivity contribution in [3.63, 3.8) is 0 Å². The molecule has 0 radical (unpaired) electrons. The molecule has 1 aromatic carbocycles. The van der Waals surface area contributed by atoms with Crippen LogP contribution in [0.4, 0.5) is 0 Å². The zero-order chi connectivity index (χ0) is 17.6. The average molecular weight is 358 g/mol. The third kappa shape index (κ3) is 5.38. The molecule has 1 aromatic heterocycles. The minimum atomic E-state index is 0.0639. The van der Waals surface area contributed by atoms with Gasteiger partial charge >= 0.3 is 0 Å². The van der Waals surface area contributed by atoms with Crippen LogP contribution in [0.25, 0.3) is 10.6 Å². The maximum atomic E-state index is 12.2. The molecule has 1 amide bonds. The Labute approximate surface area is 154 Å². The summed E-state index contributed by atoms with van der Waals surface area (Å²) in [6, 6.07) is 8.34. The number of aromatic nitrogens is 1. The van der Waals surface area contributed by atoms with Crippen molar-refractivity contribution in [2.45, 2.75) is 33.1 Å². The Balaban J connectivity index is 1.45. The summed E-state index contributed by atoms with van der Waals surface area (Å²) < 4.78 is 0. The summed E-state index contributed by atoms with van der Waals surface area (Å²) in [4.78, 5) is 19.3. The second-order valence-electron chi connectivity index (χ2n) is 7.10. The van der Waals surface area contributed by atoms with Crippen LogP contribution in [0, 0.1) is 12.8 Å². The largest absolute Gasteiger partial charge is 0.355 e. The van der Waals surface area contributed by atoms with Gasteiger partial charge < -0.3 is 10.2 Å². The van der Waals surface area contributed by atoms with Gasteiger partial charge in [0, 0.05) is 24.0 Å². The molecule has 4 nitrogen and oxygen atoms in total. The smallest absolute Gasteiger partial charge is 0.226 e. The summed E-state index contributed by atoms with van der Waals surface area (Å²) in [6.45, 7) is 8.51. The van der Waals surface area contributed by atoms with E-state index in [1.165, 1.54) is 31.5 Å². The van der Waals surface area contributed by atoms with Gasteiger partial charge in [0.25, 0.3) is 0 Å². The van der Waals surface area contributed by atoms with Crippen molar-refractivity contribution < 1.29 is 4.79 Å². The van der Waals surface area contributed by atoms with Gasteiger partial charge in [-0.25, -0.2) is 4.98 Å². The zero-order valence-electron chi connectivity index (χ0n) is 15.1. The molecule has 0 bridgehead atoms.